The van der Waals surface area contributed by atoms with E-state index >= 15 is 0 Å². The molecule has 0 radical (unpaired) electrons. The zero-order valence-electron chi connectivity index (χ0n) is 18.1. The van der Waals surface area contributed by atoms with Gasteiger partial charge in [-0.05, 0) is 37.7 Å². The molecule has 0 bridgehead atoms. The van der Waals surface area contributed by atoms with Crippen molar-refractivity contribution in [2.75, 3.05) is 37.4 Å². The molecule has 30 heavy (non-hydrogen) atoms. The zero-order valence-corrected chi connectivity index (χ0v) is 18.1. The summed E-state index contributed by atoms with van der Waals surface area (Å²) in [7, 11) is 3.75. The quantitative estimate of drug-likeness (QED) is 0.606. The lowest BCUT2D eigenvalue weighted by Gasteiger charge is -2.22. The molecule has 2 aromatic heterocycles. The van der Waals surface area contributed by atoms with E-state index in [9.17, 15) is 4.79 Å². The number of amides is 1. The summed E-state index contributed by atoms with van der Waals surface area (Å²) >= 11 is 0. The molecule has 2 aliphatic carbocycles. The standard InChI is InChI=1S/C22H33N7O/c1-27(17-30)12-13-28(2)20-8-11-23-21(25-20)26-22(9-10-22)19-15-29(16-24-19)14-18-6-4-3-5-7-18/h8,11,15-18H,3-7,9-10,12-14H2,1-2H3,(H,23,25,26). The van der Waals surface area contributed by atoms with Gasteiger partial charge < -0.3 is 19.7 Å². The van der Waals surface area contributed by atoms with Gasteiger partial charge in [0, 0.05) is 46.1 Å². The molecule has 2 saturated carbocycles. The second kappa shape index (κ2) is 9.02. The van der Waals surface area contributed by atoms with Gasteiger partial charge in [0.2, 0.25) is 12.4 Å². The van der Waals surface area contributed by atoms with Crippen molar-refractivity contribution in [3.8, 4) is 0 Å². The lowest BCUT2D eigenvalue weighted by Crippen LogP contribution is -2.30. The minimum atomic E-state index is -0.146. The van der Waals surface area contributed by atoms with Crippen molar-refractivity contribution < 1.29 is 4.79 Å². The molecule has 8 nitrogen and oxygen atoms in total. The van der Waals surface area contributed by atoms with Gasteiger partial charge in [-0.15, -0.1) is 0 Å². The predicted octanol–water partition coefficient (Wildman–Crippen LogP) is 2.88. The third kappa shape index (κ3) is 4.91. The number of hydrogen-bond acceptors (Lipinski definition) is 6. The fraction of sp³-hybridized carbons (Fsp3) is 0.636. The highest BCUT2D eigenvalue weighted by Crippen LogP contribution is 2.47. The number of carbonyl (C=O) groups excluding carboxylic acids is 1. The number of nitrogens with one attached hydrogen (secondary N) is 1. The second-order valence-electron chi connectivity index (χ2n) is 8.91. The first-order valence-corrected chi connectivity index (χ1v) is 11.1. The van der Waals surface area contributed by atoms with Gasteiger partial charge in [0.15, 0.2) is 0 Å². The van der Waals surface area contributed by atoms with E-state index in [1.54, 1.807) is 18.1 Å². The Morgan fingerprint density at radius 3 is 2.73 bits per heavy atom. The van der Waals surface area contributed by atoms with Gasteiger partial charge in [-0.25, -0.2) is 9.97 Å². The van der Waals surface area contributed by atoms with Gasteiger partial charge in [0.05, 0.1) is 17.6 Å². The first-order valence-electron chi connectivity index (χ1n) is 11.1. The number of nitrogens with zero attached hydrogens (tertiary/aromatic N) is 6. The summed E-state index contributed by atoms with van der Waals surface area (Å²) in [6, 6.07) is 1.89. The Morgan fingerprint density at radius 1 is 1.20 bits per heavy atom. The van der Waals surface area contributed by atoms with E-state index < -0.39 is 0 Å². The van der Waals surface area contributed by atoms with Crippen LogP contribution in [-0.4, -0.2) is 58.0 Å². The van der Waals surface area contributed by atoms with Crippen molar-refractivity contribution in [3.63, 3.8) is 0 Å². The van der Waals surface area contributed by atoms with Crippen molar-refractivity contribution >= 4 is 18.2 Å². The minimum Gasteiger partial charge on any atom is -0.358 e. The molecule has 2 fully saturated rings. The maximum Gasteiger partial charge on any atom is 0.225 e. The summed E-state index contributed by atoms with van der Waals surface area (Å²) in [6.45, 7) is 2.44. The molecule has 162 valence electrons. The summed E-state index contributed by atoms with van der Waals surface area (Å²) in [6.07, 6.45) is 15.7. The highest BCUT2D eigenvalue weighted by atomic mass is 16.1. The third-order valence-electron chi connectivity index (χ3n) is 6.42. The van der Waals surface area contributed by atoms with Crippen LogP contribution in [0.1, 0.15) is 50.6 Å². The first kappa shape index (κ1) is 20.6. The fourth-order valence-electron chi connectivity index (χ4n) is 4.26. The normalized spacial score (nSPS) is 18.1. The van der Waals surface area contributed by atoms with Crippen molar-refractivity contribution in [2.45, 2.75) is 57.0 Å². The van der Waals surface area contributed by atoms with Crippen LogP contribution in [-0.2, 0) is 16.9 Å². The van der Waals surface area contributed by atoms with Crippen LogP contribution in [0.5, 0.6) is 0 Å². The smallest absolute Gasteiger partial charge is 0.225 e. The van der Waals surface area contributed by atoms with E-state index in [1.165, 1.54) is 32.1 Å². The molecular weight excluding hydrogens is 378 g/mol. The molecule has 2 heterocycles. The van der Waals surface area contributed by atoms with E-state index in [4.69, 9.17) is 4.98 Å². The zero-order chi connectivity index (χ0) is 21.0. The highest BCUT2D eigenvalue weighted by Gasteiger charge is 2.47. The largest absolute Gasteiger partial charge is 0.358 e. The Kier molecular flexibility index (Phi) is 6.20. The number of anilines is 2. The number of rotatable bonds is 10. The van der Waals surface area contributed by atoms with Gasteiger partial charge in [0.1, 0.15) is 5.82 Å². The van der Waals surface area contributed by atoms with E-state index in [1.807, 2.05) is 24.3 Å². The monoisotopic (exact) mass is 411 g/mol. The van der Waals surface area contributed by atoms with Gasteiger partial charge in [0.25, 0.3) is 0 Å². The van der Waals surface area contributed by atoms with Crippen LogP contribution in [0.3, 0.4) is 0 Å². The van der Waals surface area contributed by atoms with Crippen LogP contribution in [0, 0.1) is 5.92 Å². The number of imidazole rings is 1. The second-order valence-corrected chi connectivity index (χ2v) is 8.91. The Hall–Kier alpha value is -2.64. The fourth-order valence-corrected chi connectivity index (χ4v) is 4.26. The Bertz CT molecular complexity index is 842. The maximum absolute atomic E-state index is 10.8. The van der Waals surface area contributed by atoms with Gasteiger partial charge >= 0.3 is 0 Å². The molecule has 8 heteroatoms. The van der Waals surface area contributed by atoms with Crippen molar-refractivity contribution in [2.24, 2.45) is 5.92 Å². The van der Waals surface area contributed by atoms with E-state index in [2.05, 4.69) is 26.0 Å². The molecule has 0 aliphatic heterocycles. The van der Waals surface area contributed by atoms with Crippen LogP contribution in [0.25, 0.3) is 0 Å². The number of likely N-dealkylation sites (N-methyl/N-ethyl adjacent to an activating group) is 2. The van der Waals surface area contributed by atoms with Crippen molar-refractivity contribution in [3.05, 3.63) is 30.5 Å². The molecule has 0 unspecified atom stereocenters. The molecule has 1 N–H and O–H groups in total. The average molecular weight is 412 g/mol. The van der Waals surface area contributed by atoms with Gasteiger partial charge in [-0.3, -0.25) is 4.79 Å². The summed E-state index contributed by atoms with van der Waals surface area (Å²) in [5.41, 5.74) is 0.945. The van der Waals surface area contributed by atoms with Gasteiger partial charge in [-0.1, -0.05) is 19.3 Å². The minimum absolute atomic E-state index is 0.146. The van der Waals surface area contributed by atoms with Crippen molar-refractivity contribution in [1.29, 1.82) is 0 Å². The van der Waals surface area contributed by atoms with Crippen molar-refractivity contribution in [1.82, 2.24) is 24.4 Å². The summed E-state index contributed by atoms with van der Waals surface area (Å²) < 4.78 is 2.27. The van der Waals surface area contributed by atoms with Gasteiger partial charge in [-0.2, -0.15) is 4.98 Å². The molecule has 0 spiro atoms. The third-order valence-corrected chi connectivity index (χ3v) is 6.42. The van der Waals surface area contributed by atoms with Crippen LogP contribution in [0.2, 0.25) is 0 Å². The first-order chi connectivity index (χ1) is 14.6. The average Bonchev–Trinajstić information content (AvgIpc) is 3.40. The summed E-state index contributed by atoms with van der Waals surface area (Å²) in [5, 5.41) is 3.54. The van der Waals surface area contributed by atoms with E-state index in [0.29, 0.717) is 19.0 Å². The predicted molar refractivity (Wildman–Crippen MR) is 117 cm³/mol. The Labute approximate surface area is 178 Å². The van der Waals surface area contributed by atoms with E-state index in [0.717, 1.165) is 43.2 Å². The molecule has 0 saturated heterocycles. The molecule has 0 aromatic carbocycles. The number of aromatic nitrogens is 4. The van der Waals surface area contributed by atoms with Crippen LogP contribution < -0.4 is 10.2 Å². The highest BCUT2D eigenvalue weighted by molar-refractivity contribution is 5.47. The summed E-state index contributed by atoms with van der Waals surface area (Å²) in [4.78, 5) is 28.3. The molecule has 2 aliphatic rings. The van der Waals surface area contributed by atoms with Crippen LogP contribution >= 0.6 is 0 Å². The Morgan fingerprint density at radius 2 is 2.00 bits per heavy atom. The van der Waals surface area contributed by atoms with Crippen LogP contribution in [0.4, 0.5) is 11.8 Å². The topological polar surface area (TPSA) is 79.2 Å². The van der Waals surface area contributed by atoms with E-state index in [-0.39, 0.29) is 5.54 Å². The van der Waals surface area contributed by atoms with Crippen LogP contribution in [0.15, 0.2) is 24.8 Å². The summed E-state index contributed by atoms with van der Waals surface area (Å²) in [5.74, 6) is 2.26. The molecule has 4 rings (SSSR count). The molecular formula is C22H33N7O. The SMILES string of the molecule is CN(C=O)CCN(C)c1ccnc(NC2(c3cn(CC4CCCCC4)cn3)CC2)n1. The number of carbonyl (C=O) groups is 1. The Balaban J connectivity index is 1.38. The molecule has 0 atom stereocenters. The maximum atomic E-state index is 10.8. The molecule has 2 aromatic rings. The molecule has 1 amide bonds. The number of hydrogen-bond donors (Lipinski definition) is 1. The lowest BCUT2D eigenvalue weighted by molar-refractivity contribution is -0.116. The lowest BCUT2D eigenvalue weighted by atomic mass is 9.89.